The number of hydrogen-bond donors (Lipinski definition) is 0. The second-order valence-electron chi connectivity index (χ2n) is 4.50. The van der Waals surface area contributed by atoms with E-state index in [1.165, 1.54) is 7.11 Å². The van der Waals surface area contributed by atoms with Crippen LogP contribution in [0.2, 0.25) is 0 Å². The van der Waals surface area contributed by atoms with E-state index in [-0.39, 0.29) is 24.2 Å². The number of benzene rings is 1. The third-order valence-electron chi connectivity index (χ3n) is 2.83. The molecule has 0 spiro atoms. The molecule has 1 aromatic carbocycles. The molecule has 0 aliphatic heterocycles. The number of esters is 1. The van der Waals surface area contributed by atoms with Crippen molar-refractivity contribution in [3.8, 4) is 0 Å². The first-order chi connectivity index (χ1) is 8.93. The van der Waals surface area contributed by atoms with E-state index < -0.39 is 0 Å². The Balaban J connectivity index is 2.57. The first kappa shape index (κ1) is 15.7. The highest BCUT2D eigenvalue weighted by Crippen LogP contribution is 2.14. The van der Waals surface area contributed by atoms with E-state index in [9.17, 15) is 9.59 Å². The van der Waals surface area contributed by atoms with Gasteiger partial charge in [0.25, 0.3) is 0 Å². The van der Waals surface area contributed by atoms with Crippen LogP contribution in [-0.4, -0.2) is 30.9 Å². The number of ether oxygens (including phenoxy) is 1. The van der Waals surface area contributed by atoms with Crippen LogP contribution >= 0.6 is 15.9 Å². The normalized spacial score (nSPS) is 11.8. The van der Waals surface area contributed by atoms with Crippen LogP contribution in [-0.2, 0) is 20.9 Å². The molecule has 0 N–H and O–H groups in total. The van der Waals surface area contributed by atoms with Gasteiger partial charge >= 0.3 is 5.97 Å². The first-order valence-electron chi connectivity index (χ1n) is 6.00. The Morgan fingerprint density at radius 2 is 1.89 bits per heavy atom. The average Bonchev–Trinajstić information content (AvgIpc) is 2.40. The molecule has 1 atom stereocenters. The highest BCUT2D eigenvalue weighted by Gasteiger charge is 2.20. The fourth-order valence-electron chi connectivity index (χ4n) is 1.74. The van der Waals surface area contributed by atoms with Gasteiger partial charge in [-0.3, -0.25) is 9.59 Å². The van der Waals surface area contributed by atoms with Crippen LogP contribution < -0.4 is 0 Å². The maximum Gasteiger partial charge on any atom is 0.306 e. The minimum Gasteiger partial charge on any atom is -0.469 e. The third-order valence-corrected chi connectivity index (χ3v) is 3.36. The predicted molar refractivity (Wildman–Crippen MR) is 76.4 cm³/mol. The Hall–Kier alpha value is -1.36. The maximum atomic E-state index is 12.1. The molecule has 5 heteroatoms. The lowest BCUT2D eigenvalue weighted by Gasteiger charge is -2.21. The van der Waals surface area contributed by atoms with Crippen molar-refractivity contribution in [2.45, 2.75) is 19.9 Å². The summed E-state index contributed by atoms with van der Waals surface area (Å²) < 4.78 is 5.57. The van der Waals surface area contributed by atoms with Crippen LogP contribution in [0.1, 0.15) is 18.9 Å². The van der Waals surface area contributed by atoms with Crippen molar-refractivity contribution < 1.29 is 14.3 Å². The van der Waals surface area contributed by atoms with Gasteiger partial charge in [-0.05, 0) is 17.7 Å². The van der Waals surface area contributed by atoms with E-state index in [0.717, 1.165) is 10.0 Å². The van der Waals surface area contributed by atoms with Gasteiger partial charge in [-0.25, -0.2) is 0 Å². The first-order valence-corrected chi connectivity index (χ1v) is 6.79. The van der Waals surface area contributed by atoms with Crippen molar-refractivity contribution >= 4 is 27.8 Å². The summed E-state index contributed by atoms with van der Waals surface area (Å²) in [5, 5.41) is 0. The molecule has 0 fully saturated rings. The SMILES string of the molecule is COC(=O)C[C@@H](C)C(=O)N(C)Cc1ccc(Br)cc1. The molecule has 0 radical (unpaired) electrons. The summed E-state index contributed by atoms with van der Waals surface area (Å²) in [6, 6.07) is 7.79. The summed E-state index contributed by atoms with van der Waals surface area (Å²) in [5.74, 6) is -0.792. The van der Waals surface area contributed by atoms with E-state index in [1.54, 1.807) is 18.9 Å². The van der Waals surface area contributed by atoms with Gasteiger partial charge in [-0.2, -0.15) is 0 Å². The van der Waals surface area contributed by atoms with E-state index in [1.807, 2.05) is 24.3 Å². The van der Waals surface area contributed by atoms with Gasteiger partial charge in [0.1, 0.15) is 0 Å². The number of carbonyl (C=O) groups is 2. The smallest absolute Gasteiger partial charge is 0.306 e. The van der Waals surface area contributed by atoms with Crippen LogP contribution in [0.25, 0.3) is 0 Å². The van der Waals surface area contributed by atoms with Crippen LogP contribution in [0.4, 0.5) is 0 Å². The second kappa shape index (κ2) is 7.28. The van der Waals surface area contributed by atoms with Gasteiger partial charge in [0.15, 0.2) is 0 Å². The molecule has 0 unspecified atom stereocenters. The van der Waals surface area contributed by atoms with Gasteiger partial charge < -0.3 is 9.64 Å². The van der Waals surface area contributed by atoms with Gasteiger partial charge in [0.2, 0.25) is 5.91 Å². The van der Waals surface area contributed by atoms with Crippen LogP contribution in [0.5, 0.6) is 0 Å². The summed E-state index contributed by atoms with van der Waals surface area (Å²) in [7, 11) is 3.06. The molecule has 4 nitrogen and oxygen atoms in total. The molecular formula is C14H18BrNO3. The van der Waals surface area contributed by atoms with Gasteiger partial charge in [-0.1, -0.05) is 35.0 Å². The van der Waals surface area contributed by atoms with Gasteiger partial charge in [-0.15, -0.1) is 0 Å². The number of nitrogens with zero attached hydrogens (tertiary/aromatic N) is 1. The number of halogens is 1. The number of hydrogen-bond acceptors (Lipinski definition) is 3. The molecular weight excluding hydrogens is 310 g/mol. The summed E-state index contributed by atoms with van der Waals surface area (Å²) in [6.07, 6.45) is 0.111. The zero-order valence-corrected chi connectivity index (χ0v) is 12.9. The quantitative estimate of drug-likeness (QED) is 0.781. The lowest BCUT2D eigenvalue weighted by atomic mass is 10.1. The molecule has 0 bridgehead atoms. The Morgan fingerprint density at radius 1 is 1.32 bits per heavy atom. The summed E-state index contributed by atoms with van der Waals surface area (Å²) in [4.78, 5) is 24.8. The van der Waals surface area contributed by atoms with E-state index in [0.29, 0.717) is 6.54 Å². The summed E-state index contributed by atoms with van der Waals surface area (Å²) >= 11 is 3.37. The lowest BCUT2D eigenvalue weighted by molar-refractivity contribution is -0.146. The summed E-state index contributed by atoms with van der Waals surface area (Å²) in [5.41, 5.74) is 1.05. The third kappa shape index (κ3) is 5.03. The number of methoxy groups -OCH3 is 1. The lowest BCUT2D eigenvalue weighted by Crippen LogP contribution is -2.32. The average molecular weight is 328 g/mol. The number of amides is 1. The Bertz CT molecular complexity index is 445. The topological polar surface area (TPSA) is 46.6 Å². The zero-order chi connectivity index (χ0) is 14.4. The van der Waals surface area contributed by atoms with Crippen LogP contribution in [0.15, 0.2) is 28.7 Å². The Kier molecular flexibility index (Phi) is 6.02. The van der Waals surface area contributed by atoms with E-state index in [4.69, 9.17) is 0 Å². The molecule has 0 saturated carbocycles. The summed E-state index contributed by atoms with van der Waals surface area (Å²) in [6.45, 7) is 2.26. The minimum absolute atomic E-state index is 0.0617. The molecule has 104 valence electrons. The predicted octanol–water partition coefficient (Wildman–Crippen LogP) is 2.61. The minimum atomic E-state index is -0.368. The molecule has 1 rings (SSSR count). The van der Waals surface area contributed by atoms with E-state index in [2.05, 4.69) is 20.7 Å². The molecule has 0 heterocycles. The second-order valence-corrected chi connectivity index (χ2v) is 5.42. The standard InChI is InChI=1S/C14H18BrNO3/c1-10(8-13(17)19-3)14(18)16(2)9-11-4-6-12(15)7-5-11/h4-7,10H,8-9H2,1-3H3/t10-/m1/s1. The fourth-order valence-corrected chi connectivity index (χ4v) is 2.00. The fraction of sp³-hybridized carbons (Fsp3) is 0.429. The molecule has 0 aliphatic rings. The largest absolute Gasteiger partial charge is 0.469 e. The van der Waals surface area contributed by atoms with Gasteiger partial charge in [0, 0.05) is 24.0 Å². The van der Waals surface area contributed by atoms with Crippen LogP contribution in [0.3, 0.4) is 0 Å². The van der Waals surface area contributed by atoms with Crippen molar-refractivity contribution in [2.24, 2.45) is 5.92 Å². The Labute approximate surface area is 121 Å². The van der Waals surface area contributed by atoms with Crippen molar-refractivity contribution in [1.82, 2.24) is 4.90 Å². The molecule has 0 aliphatic carbocycles. The number of rotatable bonds is 5. The molecule has 19 heavy (non-hydrogen) atoms. The Morgan fingerprint density at radius 3 is 2.42 bits per heavy atom. The van der Waals surface area contributed by atoms with E-state index >= 15 is 0 Å². The molecule has 0 saturated heterocycles. The molecule has 1 aromatic rings. The molecule has 0 aromatic heterocycles. The van der Waals surface area contributed by atoms with Crippen molar-refractivity contribution in [1.29, 1.82) is 0 Å². The van der Waals surface area contributed by atoms with Crippen molar-refractivity contribution in [2.75, 3.05) is 14.2 Å². The van der Waals surface area contributed by atoms with Crippen LogP contribution in [0, 0.1) is 5.92 Å². The van der Waals surface area contributed by atoms with Crippen molar-refractivity contribution in [3.05, 3.63) is 34.3 Å². The number of carbonyl (C=O) groups excluding carboxylic acids is 2. The monoisotopic (exact) mass is 327 g/mol. The van der Waals surface area contributed by atoms with Gasteiger partial charge in [0.05, 0.1) is 13.5 Å². The maximum absolute atomic E-state index is 12.1. The highest BCUT2D eigenvalue weighted by atomic mass is 79.9. The molecule has 1 amide bonds. The zero-order valence-electron chi connectivity index (χ0n) is 11.4. The highest BCUT2D eigenvalue weighted by molar-refractivity contribution is 9.10. The van der Waals surface area contributed by atoms with Crippen molar-refractivity contribution in [3.63, 3.8) is 0 Å².